The first kappa shape index (κ1) is 17.2. The van der Waals surface area contributed by atoms with Crippen LogP contribution in [0.25, 0.3) is 0 Å². The molecule has 0 aromatic heterocycles. The molecule has 4 heteroatoms. The van der Waals surface area contributed by atoms with Gasteiger partial charge < -0.3 is 10.2 Å². The summed E-state index contributed by atoms with van der Waals surface area (Å²) in [7, 11) is 0. The van der Waals surface area contributed by atoms with Gasteiger partial charge >= 0.3 is 0 Å². The van der Waals surface area contributed by atoms with Crippen molar-refractivity contribution in [3.05, 3.63) is 64.7 Å². The molecule has 1 N–H and O–H groups in total. The average molecular weight is 336 g/mol. The number of hydrogen-bond donors (Lipinski definition) is 1. The lowest BCUT2D eigenvalue weighted by atomic mass is 10.1. The standard InChI is InChI=1S/C21H24N2O2/c1-14-4-6-17(7-5-14)12-22-21(25)18-11-20(24)23(13-18)19-9-15(2)8-16(3)10-19/h4-10,18H,11-13H2,1-3H3,(H,22,25). The fraction of sp³-hybridized carbons (Fsp3) is 0.333. The lowest BCUT2D eigenvalue weighted by Crippen LogP contribution is -2.32. The molecule has 0 bridgehead atoms. The monoisotopic (exact) mass is 336 g/mol. The summed E-state index contributed by atoms with van der Waals surface area (Å²) in [6.07, 6.45) is 0.271. The van der Waals surface area contributed by atoms with Crippen molar-refractivity contribution in [1.29, 1.82) is 0 Å². The Hall–Kier alpha value is -2.62. The van der Waals surface area contributed by atoms with E-state index in [1.807, 2.05) is 57.2 Å². The maximum Gasteiger partial charge on any atom is 0.227 e. The summed E-state index contributed by atoms with van der Waals surface area (Å²) < 4.78 is 0. The number of benzene rings is 2. The van der Waals surface area contributed by atoms with Crippen LogP contribution in [-0.4, -0.2) is 18.4 Å². The number of nitrogens with zero attached hydrogens (tertiary/aromatic N) is 1. The Morgan fingerprint density at radius 3 is 2.32 bits per heavy atom. The van der Waals surface area contributed by atoms with E-state index in [0.29, 0.717) is 13.1 Å². The number of carbonyl (C=O) groups excluding carboxylic acids is 2. The van der Waals surface area contributed by atoms with Crippen LogP contribution < -0.4 is 10.2 Å². The number of nitrogens with one attached hydrogen (secondary N) is 1. The van der Waals surface area contributed by atoms with Gasteiger partial charge in [-0.1, -0.05) is 35.9 Å². The van der Waals surface area contributed by atoms with Crippen molar-refractivity contribution in [3.63, 3.8) is 0 Å². The molecule has 1 saturated heterocycles. The minimum atomic E-state index is -0.293. The van der Waals surface area contributed by atoms with E-state index < -0.39 is 0 Å². The van der Waals surface area contributed by atoms with Gasteiger partial charge in [-0.05, 0) is 49.6 Å². The maximum absolute atomic E-state index is 12.5. The summed E-state index contributed by atoms with van der Waals surface area (Å²) in [6, 6.07) is 14.2. The summed E-state index contributed by atoms with van der Waals surface area (Å²) in [6.45, 7) is 7.01. The Bertz CT molecular complexity index is 776. The Kier molecular flexibility index (Phi) is 4.88. The van der Waals surface area contributed by atoms with E-state index in [0.717, 1.165) is 22.4 Å². The molecular formula is C21H24N2O2. The molecule has 130 valence electrons. The molecule has 1 aliphatic heterocycles. The van der Waals surface area contributed by atoms with Crippen LogP contribution in [0, 0.1) is 26.7 Å². The minimum absolute atomic E-state index is 0.0143. The maximum atomic E-state index is 12.5. The Morgan fingerprint density at radius 2 is 1.68 bits per heavy atom. The third-order valence-electron chi connectivity index (χ3n) is 4.60. The highest BCUT2D eigenvalue weighted by molar-refractivity contribution is 6.00. The van der Waals surface area contributed by atoms with Crippen molar-refractivity contribution < 1.29 is 9.59 Å². The van der Waals surface area contributed by atoms with Crippen LogP contribution in [0.15, 0.2) is 42.5 Å². The van der Waals surface area contributed by atoms with Gasteiger partial charge in [0.15, 0.2) is 0 Å². The second kappa shape index (κ2) is 7.09. The summed E-state index contributed by atoms with van der Waals surface area (Å²) in [4.78, 5) is 26.6. The third-order valence-corrected chi connectivity index (χ3v) is 4.60. The number of hydrogen-bond acceptors (Lipinski definition) is 2. The fourth-order valence-corrected chi connectivity index (χ4v) is 3.28. The lowest BCUT2D eigenvalue weighted by molar-refractivity contribution is -0.126. The highest BCUT2D eigenvalue weighted by Gasteiger charge is 2.35. The van der Waals surface area contributed by atoms with Gasteiger partial charge in [-0.3, -0.25) is 9.59 Å². The van der Waals surface area contributed by atoms with Crippen LogP contribution in [0.4, 0.5) is 5.69 Å². The largest absolute Gasteiger partial charge is 0.352 e. The molecule has 1 heterocycles. The van der Waals surface area contributed by atoms with Crippen LogP contribution >= 0.6 is 0 Å². The molecule has 0 aliphatic carbocycles. The van der Waals surface area contributed by atoms with Crippen LogP contribution in [0.3, 0.4) is 0 Å². The van der Waals surface area contributed by atoms with Crippen LogP contribution in [0.2, 0.25) is 0 Å². The first-order valence-electron chi connectivity index (χ1n) is 8.64. The zero-order valence-corrected chi connectivity index (χ0v) is 15.0. The number of rotatable bonds is 4. The predicted molar refractivity (Wildman–Crippen MR) is 99.4 cm³/mol. The molecule has 2 aromatic rings. The molecular weight excluding hydrogens is 312 g/mol. The summed E-state index contributed by atoms with van der Waals surface area (Å²) in [5.41, 5.74) is 5.39. The quantitative estimate of drug-likeness (QED) is 0.931. The Morgan fingerprint density at radius 1 is 1.04 bits per heavy atom. The molecule has 0 saturated carbocycles. The normalized spacial score (nSPS) is 17.0. The first-order valence-corrected chi connectivity index (χ1v) is 8.64. The Balaban J connectivity index is 1.63. The van der Waals surface area contributed by atoms with Gasteiger partial charge in [0.25, 0.3) is 0 Å². The van der Waals surface area contributed by atoms with E-state index in [1.54, 1.807) is 4.90 Å². The van der Waals surface area contributed by atoms with Gasteiger partial charge in [-0.15, -0.1) is 0 Å². The van der Waals surface area contributed by atoms with E-state index >= 15 is 0 Å². The average Bonchev–Trinajstić information content (AvgIpc) is 2.95. The second-order valence-electron chi connectivity index (χ2n) is 6.95. The van der Waals surface area contributed by atoms with Gasteiger partial charge in [-0.2, -0.15) is 0 Å². The highest BCUT2D eigenvalue weighted by atomic mass is 16.2. The van der Waals surface area contributed by atoms with Crippen molar-refractivity contribution >= 4 is 17.5 Å². The van der Waals surface area contributed by atoms with Gasteiger partial charge in [0, 0.05) is 25.2 Å². The zero-order valence-electron chi connectivity index (χ0n) is 15.0. The molecule has 0 radical (unpaired) electrons. The van der Waals surface area contributed by atoms with Gasteiger partial charge in [0.1, 0.15) is 0 Å². The number of carbonyl (C=O) groups is 2. The van der Waals surface area contributed by atoms with Gasteiger partial charge in [-0.25, -0.2) is 0 Å². The van der Waals surface area contributed by atoms with E-state index in [1.165, 1.54) is 5.56 Å². The van der Waals surface area contributed by atoms with Crippen molar-refractivity contribution in [1.82, 2.24) is 5.32 Å². The third kappa shape index (κ3) is 4.08. The summed E-state index contributed by atoms with van der Waals surface area (Å²) in [5, 5.41) is 2.96. The molecule has 2 amide bonds. The van der Waals surface area contributed by atoms with Gasteiger partial charge in [0.05, 0.1) is 5.92 Å². The molecule has 25 heavy (non-hydrogen) atoms. The molecule has 1 atom stereocenters. The van der Waals surface area contributed by atoms with Crippen molar-refractivity contribution in [2.24, 2.45) is 5.92 Å². The van der Waals surface area contributed by atoms with Crippen LogP contribution in [0.5, 0.6) is 0 Å². The van der Waals surface area contributed by atoms with Gasteiger partial charge in [0.2, 0.25) is 11.8 Å². The molecule has 0 spiro atoms. The topological polar surface area (TPSA) is 49.4 Å². The Labute approximate surface area is 148 Å². The number of amides is 2. The van der Waals surface area contributed by atoms with E-state index in [9.17, 15) is 9.59 Å². The highest BCUT2D eigenvalue weighted by Crippen LogP contribution is 2.27. The van der Waals surface area contributed by atoms with Crippen LogP contribution in [-0.2, 0) is 16.1 Å². The second-order valence-corrected chi connectivity index (χ2v) is 6.95. The first-order chi connectivity index (χ1) is 11.9. The summed E-state index contributed by atoms with van der Waals surface area (Å²) >= 11 is 0. The number of anilines is 1. The molecule has 1 fully saturated rings. The molecule has 2 aromatic carbocycles. The molecule has 1 aliphatic rings. The molecule has 4 nitrogen and oxygen atoms in total. The predicted octanol–water partition coefficient (Wildman–Crippen LogP) is 3.28. The fourth-order valence-electron chi connectivity index (χ4n) is 3.28. The summed E-state index contributed by atoms with van der Waals surface area (Å²) in [5.74, 6) is -0.333. The zero-order chi connectivity index (χ0) is 18.0. The van der Waals surface area contributed by atoms with E-state index in [4.69, 9.17) is 0 Å². The minimum Gasteiger partial charge on any atom is -0.352 e. The van der Waals surface area contributed by atoms with Crippen LogP contribution in [0.1, 0.15) is 28.7 Å². The van der Waals surface area contributed by atoms with E-state index in [2.05, 4.69) is 11.4 Å². The lowest BCUT2D eigenvalue weighted by Gasteiger charge is -2.18. The van der Waals surface area contributed by atoms with Crippen molar-refractivity contribution in [2.45, 2.75) is 33.7 Å². The smallest absolute Gasteiger partial charge is 0.227 e. The van der Waals surface area contributed by atoms with Crippen molar-refractivity contribution in [2.75, 3.05) is 11.4 Å². The molecule has 3 rings (SSSR count). The van der Waals surface area contributed by atoms with Crippen molar-refractivity contribution in [3.8, 4) is 0 Å². The van der Waals surface area contributed by atoms with E-state index in [-0.39, 0.29) is 24.2 Å². The molecule has 1 unspecified atom stereocenters. The SMILES string of the molecule is Cc1ccc(CNC(=O)C2CC(=O)N(c3cc(C)cc(C)c3)C2)cc1. The number of aryl methyl sites for hydroxylation is 3.